The second-order valence-corrected chi connectivity index (χ2v) is 8.15. The normalized spacial score (nSPS) is 14.4. The average Bonchev–Trinajstić information content (AvgIpc) is 3.47. The van der Waals surface area contributed by atoms with E-state index in [1.165, 1.54) is 35.9 Å². The second-order valence-electron chi connectivity index (χ2n) is 7.21. The lowest BCUT2D eigenvalue weighted by atomic mass is 9.95. The Morgan fingerprint density at radius 1 is 1.17 bits per heavy atom. The van der Waals surface area contributed by atoms with E-state index in [2.05, 4.69) is 20.8 Å². The fourth-order valence-electron chi connectivity index (χ4n) is 3.82. The van der Waals surface area contributed by atoms with Gasteiger partial charge in [-0.1, -0.05) is 49.2 Å². The molecule has 1 aliphatic rings. The lowest BCUT2D eigenvalue weighted by molar-refractivity contribution is -0.116. The first-order chi connectivity index (χ1) is 14.8. The summed E-state index contributed by atoms with van der Waals surface area (Å²) in [5.74, 6) is 1.44. The number of thioether (sulfide) groups is 1. The average molecular weight is 422 g/mol. The molecule has 0 radical (unpaired) electrons. The molecule has 1 aromatic carbocycles. The van der Waals surface area contributed by atoms with Crippen LogP contribution in [0.1, 0.15) is 38.1 Å². The summed E-state index contributed by atoms with van der Waals surface area (Å²) in [5, 5.41) is 18.6. The Morgan fingerprint density at radius 2 is 1.97 bits per heavy atom. The summed E-state index contributed by atoms with van der Waals surface area (Å²) in [6, 6.07) is 15.4. The molecule has 3 aromatic rings. The van der Waals surface area contributed by atoms with Crippen molar-refractivity contribution in [3.05, 3.63) is 48.7 Å². The van der Waals surface area contributed by atoms with Crippen molar-refractivity contribution in [2.45, 2.75) is 43.3 Å². The van der Waals surface area contributed by atoms with Gasteiger partial charge in [-0.15, -0.1) is 10.2 Å². The largest absolute Gasteiger partial charge is 0.461 e. The van der Waals surface area contributed by atoms with Crippen LogP contribution in [0.5, 0.6) is 0 Å². The summed E-state index contributed by atoms with van der Waals surface area (Å²) < 4.78 is 7.71. The van der Waals surface area contributed by atoms with Gasteiger partial charge in [-0.2, -0.15) is 5.26 Å². The van der Waals surface area contributed by atoms with E-state index in [0.29, 0.717) is 22.8 Å². The van der Waals surface area contributed by atoms with Crippen molar-refractivity contribution in [3.8, 4) is 17.7 Å². The number of nitrogens with zero attached hydrogens (tertiary/aromatic N) is 5. The van der Waals surface area contributed by atoms with E-state index in [9.17, 15) is 4.79 Å². The van der Waals surface area contributed by atoms with Crippen molar-refractivity contribution >= 4 is 23.4 Å². The molecule has 2 aromatic heterocycles. The number of amides is 1. The zero-order chi connectivity index (χ0) is 20.8. The van der Waals surface area contributed by atoms with Crippen LogP contribution >= 0.6 is 11.8 Å². The van der Waals surface area contributed by atoms with E-state index >= 15 is 0 Å². The molecule has 30 heavy (non-hydrogen) atoms. The molecule has 7 nitrogen and oxygen atoms in total. The van der Waals surface area contributed by atoms with Crippen molar-refractivity contribution in [1.82, 2.24) is 14.8 Å². The van der Waals surface area contributed by atoms with Gasteiger partial charge in [0.2, 0.25) is 11.7 Å². The molecule has 1 amide bonds. The first-order valence-corrected chi connectivity index (χ1v) is 11.1. The lowest BCUT2D eigenvalue weighted by Crippen LogP contribution is -2.32. The highest BCUT2D eigenvalue weighted by atomic mass is 32.2. The molecule has 0 aliphatic heterocycles. The summed E-state index contributed by atoms with van der Waals surface area (Å²) in [6.07, 6.45) is 7.36. The third-order valence-electron chi connectivity index (χ3n) is 5.27. The minimum atomic E-state index is -0.134. The van der Waals surface area contributed by atoms with Gasteiger partial charge in [-0.3, -0.25) is 14.3 Å². The number of para-hydroxylation sites is 1. The van der Waals surface area contributed by atoms with Crippen molar-refractivity contribution in [1.29, 1.82) is 5.26 Å². The maximum atomic E-state index is 12.9. The van der Waals surface area contributed by atoms with E-state index in [0.717, 1.165) is 18.5 Å². The third-order valence-corrected chi connectivity index (χ3v) is 6.20. The van der Waals surface area contributed by atoms with Crippen molar-refractivity contribution < 1.29 is 9.21 Å². The molecule has 1 saturated carbocycles. The highest BCUT2D eigenvalue weighted by Crippen LogP contribution is 2.35. The number of hydrogen-bond acceptors (Lipinski definition) is 6. The molecule has 0 bridgehead atoms. The molecule has 0 saturated heterocycles. The highest BCUT2D eigenvalue weighted by molar-refractivity contribution is 7.99. The number of carbonyl (C=O) groups is 1. The van der Waals surface area contributed by atoms with E-state index in [-0.39, 0.29) is 18.2 Å². The quantitative estimate of drug-likeness (QED) is 0.406. The maximum absolute atomic E-state index is 12.9. The van der Waals surface area contributed by atoms with Gasteiger partial charge in [0.1, 0.15) is 6.54 Å². The van der Waals surface area contributed by atoms with Gasteiger partial charge < -0.3 is 4.42 Å². The van der Waals surface area contributed by atoms with Crippen LogP contribution in [0.2, 0.25) is 0 Å². The monoisotopic (exact) mass is 421 g/mol. The maximum Gasteiger partial charge on any atom is 0.238 e. The SMILES string of the molecule is N#CCN(C(=O)CSc1nnc(-c2ccco2)n1C1CCCCC1)c1ccccc1. The summed E-state index contributed by atoms with van der Waals surface area (Å²) in [4.78, 5) is 14.4. The molecular formula is C22H23N5O2S. The van der Waals surface area contributed by atoms with E-state index in [1.54, 1.807) is 6.26 Å². The van der Waals surface area contributed by atoms with E-state index < -0.39 is 0 Å². The number of anilines is 1. The predicted molar refractivity (Wildman–Crippen MR) is 115 cm³/mol. The molecule has 154 valence electrons. The minimum absolute atomic E-state index is 0.0103. The number of carbonyl (C=O) groups excluding carboxylic acids is 1. The summed E-state index contributed by atoms with van der Waals surface area (Å²) in [6.45, 7) is 0.0103. The summed E-state index contributed by atoms with van der Waals surface area (Å²) in [5.41, 5.74) is 0.717. The van der Waals surface area contributed by atoms with Crippen LogP contribution in [0, 0.1) is 11.3 Å². The van der Waals surface area contributed by atoms with Crippen LogP contribution in [0.15, 0.2) is 58.3 Å². The molecular weight excluding hydrogens is 398 g/mol. The topological polar surface area (TPSA) is 87.9 Å². The van der Waals surface area contributed by atoms with Gasteiger partial charge in [0.05, 0.1) is 18.1 Å². The Hall–Kier alpha value is -3.05. The fourth-order valence-corrected chi connectivity index (χ4v) is 4.71. The van der Waals surface area contributed by atoms with Gasteiger partial charge >= 0.3 is 0 Å². The Kier molecular flexibility index (Phi) is 6.50. The van der Waals surface area contributed by atoms with Gasteiger partial charge in [-0.25, -0.2) is 0 Å². The Labute approximate surface area is 179 Å². The molecule has 0 N–H and O–H groups in total. The first kappa shape index (κ1) is 20.2. The fraction of sp³-hybridized carbons (Fsp3) is 0.364. The zero-order valence-electron chi connectivity index (χ0n) is 16.6. The lowest BCUT2D eigenvalue weighted by Gasteiger charge is -2.25. The highest BCUT2D eigenvalue weighted by Gasteiger charge is 2.26. The standard InChI is InChI=1S/C22H23N5O2S/c23-13-14-26(17-8-3-1-4-9-17)20(28)16-30-22-25-24-21(19-12-7-15-29-19)27(22)18-10-5-2-6-11-18/h1,3-4,7-9,12,15,18H,2,5-6,10-11,14,16H2. The molecule has 0 atom stereocenters. The molecule has 0 unspecified atom stereocenters. The van der Waals surface area contributed by atoms with Crippen molar-refractivity contribution in [3.63, 3.8) is 0 Å². The van der Waals surface area contributed by atoms with E-state index in [1.807, 2.05) is 42.5 Å². The van der Waals surface area contributed by atoms with Crippen molar-refractivity contribution in [2.24, 2.45) is 0 Å². The zero-order valence-corrected chi connectivity index (χ0v) is 17.4. The molecule has 2 heterocycles. The number of nitriles is 1. The molecule has 1 fully saturated rings. The predicted octanol–water partition coefficient (Wildman–Crippen LogP) is 4.69. The van der Waals surface area contributed by atoms with Gasteiger partial charge in [0, 0.05) is 11.7 Å². The van der Waals surface area contributed by atoms with Gasteiger partial charge in [-0.05, 0) is 37.1 Å². The van der Waals surface area contributed by atoms with Crippen LogP contribution in [-0.4, -0.2) is 33.0 Å². The smallest absolute Gasteiger partial charge is 0.238 e. The van der Waals surface area contributed by atoms with Gasteiger partial charge in [0.25, 0.3) is 0 Å². The van der Waals surface area contributed by atoms with Gasteiger partial charge in [0.15, 0.2) is 10.9 Å². The minimum Gasteiger partial charge on any atom is -0.461 e. The number of rotatable bonds is 7. The number of hydrogen-bond donors (Lipinski definition) is 0. The Morgan fingerprint density at radius 3 is 2.67 bits per heavy atom. The third kappa shape index (κ3) is 4.41. The number of benzene rings is 1. The Balaban J connectivity index is 1.55. The van der Waals surface area contributed by atoms with Crippen LogP contribution in [-0.2, 0) is 4.79 Å². The van der Waals surface area contributed by atoms with Crippen LogP contribution < -0.4 is 4.90 Å². The van der Waals surface area contributed by atoms with Crippen LogP contribution in [0.3, 0.4) is 0 Å². The van der Waals surface area contributed by atoms with E-state index in [4.69, 9.17) is 9.68 Å². The van der Waals surface area contributed by atoms with Crippen LogP contribution in [0.25, 0.3) is 11.6 Å². The number of aromatic nitrogens is 3. The molecule has 4 rings (SSSR count). The Bertz CT molecular complexity index is 1000. The van der Waals surface area contributed by atoms with Crippen LogP contribution in [0.4, 0.5) is 5.69 Å². The van der Waals surface area contributed by atoms with Crippen molar-refractivity contribution in [2.75, 3.05) is 17.2 Å². The second kappa shape index (κ2) is 9.63. The first-order valence-electron chi connectivity index (χ1n) is 10.1. The molecule has 8 heteroatoms. The number of furan rings is 1. The molecule has 0 spiro atoms. The summed E-state index contributed by atoms with van der Waals surface area (Å²) in [7, 11) is 0. The summed E-state index contributed by atoms with van der Waals surface area (Å²) >= 11 is 1.36. The molecule has 1 aliphatic carbocycles.